The van der Waals surface area contributed by atoms with E-state index in [0.717, 1.165) is 22.2 Å². The highest BCUT2D eigenvalue weighted by Crippen LogP contribution is 2.40. The second kappa shape index (κ2) is 13.6. The van der Waals surface area contributed by atoms with Gasteiger partial charge in [0.1, 0.15) is 13.2 Å². The summed E-state index contributed by atoms with van der Waals surface area (Å²) in [6.07, 6.45) is 1.56. The van der Waals surface area contributed by atoms with Gasteiger partial charge >= 0.3 is 0 Å². The first-order valence-electron chi connectivity index (χ1n) is 11.6. The lowest BCUT2D eigenvalue weighted by molar-refractivity contribution is -0.127. The largest absolute Gasteiger partial charge is 0.490 e. The fraction of sp³-hybridized carbons (Fsp3) is 0.148. The average molecular weight is 750 g/mol. The molecule has 1 saturated heterocycles. The predicted molar refractivity (Wildman–Crippen MR) is 167 cm³/mol. The number of imide groups is 1. The highest BCUT2D eigenvalue weighted by Gasteiger charge is 2.36. The molecule has 1 N–H and O–H groups in total. The fourth-order valence-electron chi connectivity index (χ4n) is 3.57. The first-order valence-corrected chi connectivity index (χ1v) is 15.1. The van der Waals surface area contributed by atoms with Crippen LogP contribution in [-0.2, 0) is 16.2 Å². The smallest absolute Gasteiger partial charge is 0.294 e. The Bertz CT molecular complexity index is 1540. The number of carbonyl (C=O) groups excluding carboxylic acids is 3. The zero-order valence-corrected chi connectivity index (χ0v) is 26.9. The Morgan fingerprint density at radius 3 is 2.48 bits per heavy atom. The van der Waals surface area contributed by atoms with E-state index in [-0.39, 0.29) is 11.5 Å². The Hall–Kier alpha value is -2.21. The minimum Gasteiger partial charge on any atom is -0.490 e. The number of nitrogens with zero attached hydrogens (tertiary/aromatic N) is 1. The number of ether oxygens (including phenoxy) is 2. The molecule has 0 unspecified atom stereocenters. The molecule has 4 rings (SSSR count). The molecule has 208 valence electrons. The van der Waals surface area contributed by atoms with Crippen molar-refractivity contribution in [3.63, 3.8) is 0 Å². The van der Waals surface area contributed by atoms with Crippen LogP contribution < -0.4 is 14.8 Å². The summed E-state index contributed by atoms with van der Waals surface area (Å²) in [4.78, 5) is 39.2. The van der Waals surface area contributed by atoms with Gasteiger partial charge in [-0.2, -0.15) is 0 Å². The number of rotatable bonds is 9. The third kappa shape index (κ3) is 7.54. The minimum absolute atomic E-state index is 0.167. The first-order chi connectivity index (χ1) is 19.0. The van der Waals surface area contributed by atoms with Crippen molar-refractivity contribution in [3.8, 4) is 11.5 Å². The lowest BCUT2D eigenvalue weighted by Gasteiger charge is -2.15. The molecular weight excluding hydrogens is 731 g/mol. The summed E-state index contributed by atoms with van der Waals surface area (Å²) >= 11 is 25.8. The standard InChI is InChI=1S/C27H19Br2Cl3N2O5S/c1-2-38-22-8-14(7-19(29)25(22)39-13-15-3-4-16(30)10-20(15)31)9-23-26(36)34(27(37)40-23)12-24(35)33-17-5-6-18(28)21(32)11-17/h3-11H,2,12-13H2,1H3,(H,33,35)/b23-9-. The lowest BCUT2D eigenvalue weighted by atomic mass is 10.1. The molecule has 1 heterocycles. The van der Waals surface area contributed by atoms with Crippen molar-refractivity contribution in [2.45, 2.75) is 13.5 Å². The molecule has 7 nitrogen and oxygen atoms in total. The number of thioether (sulfide) groups is 1. The summed E-state index contributed by atoms with van der Waals surface area (Å²) in [5.74, 6) is -0.237. The van der Waals surface area contributed by atoms with Gasteiger partial charge in [-0.3, -0.25) is 19.3 Å². The van der Waals surface area contributed by atoms with Gasteiger partial charge < -0.3 is 14.8 Å². The van der Waals surface area contributed by atoms with Crippen molar-refractivity contribution >= 4 is 107 Å². The van der Waals surface area contributed by atoms with Crippen LogP contribution in [0.2, 0.25) is 15.1 Å². The molecule has 0 radical (unpaired) electrons. The highest BCUT2D eigenvalue weighted by atomic mass is 79.9. The molecule has 1 fully saturated rings. The third-order valence-electron chi connectivity index (χ3n) is 5.40. The maximum Gasteiger partial charge on any atom is 0.294 e. The molecule has 1 aliphatic rings. The number of halogens is 5. The van der Waals surface area contributed by atoms with Crippen molar-refractivity contribution in [1.29, 1.82) is 0 Å². The molecule has 3 amide bonds. The van der Waals surface area contributed by atoms with Crippen LogP contribution in [0.4, 0.5) is 10.5 Å². The van der Waals surface area contributed by atoms with Crippen molar-refractivity contribution in [3.05, 3.63) is 88.6 Å². The summed E-state index contributed by atoms with van der Waals surface area (Å²) in [5.41, 5.74) is 1.77. The van der Waals surface area contributed by atoms with Gasteiger partial charge in [0.05, 0.1) is 21.0 Å². The lowest BCUT2D eigenvalue weighted by Crippen LogP contribution is -2.36. The van der Waals surface area contributed by atoms with Crippen LogP contribution in [-0.4, -0.2) is 35.1 Å². The van der Waals surface area contributed by atoms with Crippen LogP contribution in [0.25, 0.3) is 6.08 Å². The molecule has 0 bridgehead atoms. The van der Waals surface area contributed by atoms with Crippen molar-refractivity contribution in [2.75, 3.05) is 18.5 Å². The summed E-state index contributed by atoms with van der Waals surface area (Å²) < 4.78 is 13.0. The van der Waals surface area contributed by atoms with Gasteiger partial charge in [-0.15, -0.1) is 0 Å². The zero-order chi connectivity index (χ0) is 29.0. The van der Waals surface area contributed by atoms with E-state index >= 15 is 0 Å². The van der Waals surface area contributed by atoms with Gasteiger partial charge in [0, 0.05) is 25.8 Å². The topological polar surface area (TPSA) is 84.9 Å². The Balaban J connectivity index is 1.49. The Kier molecular flexibility index (Phi) is 10.5. The maximum absolute atomic E-state index is 13.0. The van der Waals surface area contributed by atoms with Crippen LogP contribution in [0.3, 0.4) is 0 Å². The molecule has 0 aliphatic carbocycles. The second-order valence-corrected chi connectivity index (χ2v) is 12.2. The number of anilines is 1. The summed E-state index contributed by atoms with van der Waals surface area (Å²) in [5, 5.41) is 3.49. The van der Waals surface area contributed by atoms with Crippen molar-refractivity contribution in [1.82, 2.24) is 4.90 Å². The van der Waals surface area contributed by atoms with Gasteiger partial charge in [0.2, 0.25) is 5.91 Å². The summed E-state index contributed by atoms with van der Waals surface area (Å²) in [6.45, 7) is 1.92. The minimum atomic E-state index is -0.578. The number of nitrogens with one attached hydrogen (secondary N) is 1. The van der Waals surface area contributed by atoms with Gasteiger partial charge in [-0.25, -0.2) is 0 Å². The molecule has 3 aromatic rings. The van der Waals surface area contributed by atoms with Gasteiger partial charge in [-0.05, 0) is 105 Å². The molecule has 13 heteroatoms. The van der Waals surface area contributed by atoms with E-state index < -0.39 is 23.6 Å². The van der Waals surface area contributed by atoms with Crippen LogP contribution in [0.15, 0.2) is 62.4 Å². The van der Waals surface area contributed by atoms with Crippen LogP contribution >= 0.6 is 78.4 Å². The summed E-state index contributed by atoms with van der Waals surface area (Å²) in [6, 6.07) is 13.5. The van der Waals surface area contributed by atoms with Crippen molar-refractivity contribution < 1.29 is 23.9 Å². The zero-order valence-electron chi connectivity index (χ0n) is 20.6. The van der Waals surface area contributed by atoms with Crippen LogP contribution in [0.5, 0.6) is 11.5 Å². The monoisotopic (exact) mass is 746 g/mol. The molecule has 3 aromatic carbocycles. The molecule has 0 saturated carbocycles. The van der Waals surface area contributed by atoms with Gasteiger partial charge in [0.15, 0.2) is 11.5 Å². The third-order valence-corrected chi connectivity index (χ3v) is 8.71. The van der Waals surface area contributed by atoms with Crippen LogP contribution in [0, 0.1) is 0 Å². The second-order valence-electron chi connectivity index (χ2n) is 8.23. The van der Waals surface area contributed by atoms with E-state index in [1.807, 2.05) is 6.92 Å². The Morgan fingerprint density at radius 2 is 1.77 bits per heavy atom. The quantitative estimate of drug-likeness (QED) is 0.220. The SMILES string of the molecule is CCOc1cc(/C=C2\SC(=O)N(CC(=O)Nc3ccc(Br)c(Cl)c3)C2=O)cc(Br)c1OCc1ccc(Cl)cc1Cl. The number of hydrogen-bond acceptors (Lipinski definition) is 6. The number of benzene rings is 3. The van der Waals surface area contributed by atoms with Gasteiger partial charge in [-0.1, -0.05) is 40.9 Å². The molecular formula is C27H19Br2Cl3N2O5S. The van der Waals surface area contributed by atoms with Crippen LogP contribution in [0.1, 0.15) is 18.1 Å². The Morgan fingerprint density at radius 1 is 1.00 bits per heavy atom. The number of carbonyl (C=O) groups is 3. The fourth-order valence-corrected chi connectivity index (χ4v) is 5.87. The maximum atomic E-state index is 13.0. The van der Waals surface area contributed by atoms with E-state index in [0.29, 0.717) is 53.4 Å². The van der Waals surface area contributed by atoms with Gasteiger partial charge in [0.25, 0.3) is 11.1 Å². The van der Waals surface area contributed by atoms with E-state index in [1.165, 1.54) is 0 Å². The molecule has 40 heavy (non-hydrogen) atoms. The van der Waals surface area contributed by atoms with E-state index in [4.69, 9.17) is 44.3 Å². The Labute approximate surface area is 266 Å². The van der Waals surface area contributed by atoms with Crippen molar-refractivity contribution in [2.24, 2.45) is 0 Å². The number of amides is 3. The highest BCUT2D eigenvalue weighted by molar-refractivity contribution is 9.10. The summed E-state index contributed by atoms with van der Waals surface area (Å²) in [7, 11) is 0. The van der Waals surface area contributed by atoms with E-state index in [9.17, 15) is 14.4 Å². The first kappa shape index (κ1) is 30.7. The predicted octanol–water partition coefficient (Wildman–Crippen LogP) is 8.82. The van der Waals surface area contributed by atoms with E-state index in [1.54, 1.807) is 54.6 Å². The molecule has 0 atom stereocenters. The molecule has 0 spiro atoms. The molecule has 1 aliphatic heterocycles. The average Bonchev–Trinajstić information content (AvgIpc) is 3.14. The molecule has 0 aromatic heterocycles. The number of hydrogen-bond donors (Lipinski definition) is 1. The normalized spacial score (nSPS) is 14.2. The van der Waals surface area contributed by atoms with E-state index in [2.05, 4.69) is 37.2 Å².